The molecule has 1 heterocycles. The van der Waals surface area contributed by atoms with Gasteiger partial charge in [0, 0.05) is 13.1 Å². The molecule has 1 rings (SSSR count). The second-order valence-corrected chi connectivity index (χ2v) is 3.45. The third kappa shape index (κ3) is 2.00. The predicted octanol–water partition coefficient (Wildman–Crippen LogP) is 1.69. The molecular formula is C8H13F4NO. The summed E-state index contributed by atoms with van der Waals surface area (Å²) in [7, 11) is 0. The summed E-state index contributed by atoms with van der Waals surface area (Å²) in [5.74, 6) is -4.36. The Labute approximate surface area is 79.5 Å². The van der Waals surface area contributed by atoms with Crippen molar-refractivity contribution in [1.82, 2.24) is 4.90 Å². The van der Waals surface area contributed by atoms with Gasteiger partial charge in [0.2, 0.25) is 0 Å². The van der Waals surface area contributed by atoms with Crippen LogP contribution in [0.2, 0.25) is 0 Å². The lowest BCUT2D eigenvalue weighted by atomic mass is 10.1. The number of aliphatic hydroxyl groups is 1. The number of likely N-dealkylation sites (tertiary alicyclic amines) is 1. The largest absolute Gasteiger partial charge is 0.390 e. The molecule has 0 amide bonds. The van der Waals surface area contributed by atoms with Crippen LogP contribution in [0.5, 0.6) is 0 Å². The van der Waals surface area contributed by atoms with Crippen molar-refractivity contribution in [3.05, 3.63) is 0 Å². The van der Waals surface area contributed by atoms with Gasteiger partial charge in [-0.25, -0.2) is 4.90 Å². The number of hydrogen-bond acceptors (Lipinski definition) is 2. The lowest BCUT2D eigenvalue weighted by Crippen LogP contribution is -2.57. The van der Waals surface area contributed by atoms with Gasteiger partial charge < -0.3 is 5.11 Å². The van der Waals surface area contributed by atoms with Crippen molar-refractivity contribution in [2.45, 2.75) is 31.2 Å². The van der Waals surface area contributed by atoms with Crippen LogP contribution in [0, 0.1) is 0 Å². The fourth-order valence-electron chi connectivity index (χ4n) is 1.50. The molecule has 1 fully saturated rings. The molecule has 0 unspecified atom stereocenters. The maximum atomic E-state index is 13.1. The Morgan fingerprint density at radius 1 is 1.00 bits per heavy atom. The maximum absolute atomic E-state index is 13.1. The highest BCUT2D eigenvalue weighted by atomic mass is 19.3. The third-order valence-corrected chi connectivity index (χ3v) is 2.39. The minimum atomic E-state index is -4.36. The van der Waals surface area contributed by atoms with E-state index in [2.05, 4.69) is 0 Å². The summed E-state index contributed by atoms with van der Waals surface area (Å²) < 4.78 is 51.6. The maximum Gasteiger partial charge on any atom is 0.370 e. The summed E-state index contributed by atoms with van der Waals surface area (Å²) in [5.41, 5.74) is 0. The smallest absolute Gasteiger partial charge is 0.370 e. The Morgan fingerprint density at radius 3 is 1.93 bits per heavy atom. The Balaban J connectivity index is 2.71. The highest BCUT2D eigenvalue weighted by molar-refractivity contribution is 4.86. The van der Waals surface area contributed by atoms with E-state index >= 15 is 0 Å². The van der Waals surface area contributed by atoms with Gasteiger partial charge in [-0.3, -0.25) is 0 Å². The van der Waals surface area contributed by atoms with Gasteiger partial charge in [-0.2, -0.15) is 17.6 Å². The van der Waals surface area contributed by atoms with Crippen LogP contribution in [0.15, 0.2) is 0 Å². The average molecular weight is 215 g/mol. The van der Waals surface area contributed by atoms with E-state index in [1.165, 1.54) is 0 Å². The second-order valence-electron chi connectivity index (χ2n) is 3.45. The van der Waals surface area contributed by atoms with E-state index in [1.807, 2.05) is 0 Å². The van der Waals surface area contributed by atoms with Crippen molar-refractivity contribution in [2.75, 3.05) is 19.7 Å². The topological polar surface area (TPSA) is 23.5 Å². The molecule has 2 nitrogen and oxygen atoms in total. The molecule has 1 saturated heterocycles. The van der Waals surface area contributed by atoms with Crippen molar-refractivity contribution in [3.63, 3.8) is 0 Å². The Bertz CT molecular complexity index is 192. The number of piperidine rings is 1. The first-order chi connectivity index (χ1) is 6.42. The number of halogens is 4. The van der Waals surface area contributed by atoms with Crippen LogP contribution in [0.1, 0.15) is 19.3 Å². The van der Waals surface area contributed by atoms with E-state index in [9.17, 15) is 17.6 Å². The molecule has 0 spiro atoms. The zero-order valence-electron chi connectivity index (χ0n) is 7.65. The number of rotatable bonds is 3. The quantitative estimate of drug-likeness (QED) is 0.572. The lowest BCUT2D eigenvalue weighted by Gasteiger charge is -2.37. The van der Waals surface area contributed by atoms with Gasteiger partial charge in [-0.1, -0.05) is 6.42 Å². The summed E-state index contributed by atoms with van der Waals surface area (Å²) in [5, 5.41) is 8.20. The number of aliphatic hydroxyl groups excluding tert-OH is 1. The first-order valence-electron chi connectivity index (χ1n) is 4.53. The summed E-state index contributed by atoms with van der Waals surface area (Å²) in [6, 6.07) is -4.23. The fourth-order valence-corrected chi connectivity index (χ4v) is 1.50. The second kappa shape index (κ2) is 4.02. The van der Waals surface area contributed by atoms with Crippen molar-refractivity contribution >= 4 is 0 Å². The van der Waals surface area contributed by atoms with Crippen LogP contribution in [0.4, 0.5) is 17.6 Å². The van der Waals surface area contributed by atoms with E-state index in [1.54, 1.807) is 0 Å². The highest BCUT2D eigenvalue weighted by Gasteiger charge is 2.59. The van der Waals surface area contributed by atoms with Crippen LogP contribution in [0.25, 0.3) is 0 Å². The molecule has 0 saturated carbocycles. The van der Waals surface area contributed by atoms with Crippen molar-refractivity contribution in [3.8, 4) is 0 Å². The molecule has 0 aromatic rings. The van der Waals surface area contributed by atoms with E-state index in [4.69, 9.17) is 5.11 Å². The zero-order valence-corrected chi connectivity index (χ0v) is 7.65. The normalized spacial score (nSPS) is 21.2. The summed E-state index contributed by atoms with van der Waals surface area (Å²) in [6.45, 7) is -1.90. The molecule has 84 valence electrons. The molecule has 0 radical (unpaired) electrons. The first-order valence-corrected chi connectivity index (χ1v) is 4.53. The SMILES string of the molecule is OCC(F)(F)C(F)(F)N1CCCCC1. The van der Waals surface area contributed by atoms with Gasteiger partial charge in [0.15, 0.2) is 0 Å². The molecule has 14 heavy (non-hydrogen) atoms. The number of nitrogens with zero attached hydrogens (tertiary/aromatic N) is 1. The molecule has 0 atom stereocenters. The van der Waals surface area contributed by atoms with Gasteiger partial charge in [0.1, 0.15) is 6.61 Å². The van der Waals surface area contributed by atoms with Crippen molar-refractivity contribution in [2.24, 2.45) is 0 Å². The summed E-state index contributed by atoms with van der Waals surface area (Å²) in [4.78, 5) is 0.451. The summed E-state index contributed by atoms with van der Waals surface area (Å²) in [6.07, 6.45) is 1.78. The minimum Gasteiger partial charge on any atom is -0.390 e. The molecule has 0 aromatic heterocycles. The van der Waals surface area contributed by atoms with Gasteiger partial charge in [0.05, 0.1) is 0 Å². The van der Waals surface area contributed by atoms with E-state index in [0.29, 0.717) is 17.7 Å². The van der Waals surface area contributed by atoms with Crippen LogP contribution in [0.3, 0.4) is 0 Å². The molecule has 1 aliphatic heterocycles. The van der Waals surface area contributed by atoms with E-state index in [-0.39, 0.29) is 13.1 Å². The Morgan fingerprint density at radius 2 is 1.50 bits per heavy atom. The van der Waals surface area contributed by atoms with Crippen molar-refractivity contribution in [1.29, 1.82) is 0 Å². The molecule has 0 aliphatic carbocycles. The standard InChI is InChI=1S/C8H13F4NO/c9-7(10,6-14)8(11,12)13-4-2-1-3-5-13/h14H,1-6H2. The van der Waals surface area contributed by atoms with Crippen LogP contribution >= 0.6 is 0 Å². The highest BCUT2D eigenvalue weighted by Crippen LogP contribution is 2.38. The van der Waals surface area contributed by atoms with E-state index in [0.717, 1.165) is 6.42 Å². The first kappa shape index (κ1) is 11.7. The van der Waals surface area contributed by atoms with Crippen LogP contribution in [-0.2, 0) is 0 Å². The fraction of sp³-hybridized carbons (Fsp3) is 1.00. The molecule has 1 aliphatic rings. The Hall–Kier alpha value is -0.360. The monoisotopic (exact) mass is 215 g/mol. The molecule has 0 bridgehead atoms. The van der Waals surface area contributed by atoms with Gasteiger partial charge >= 0.3 is 12.0 Å². The van der Waals surface area contributed by atoms with Crippen molar-refractivity contribution < 1.29 is 22.7 Å². The lowest BCUT2D eigenvalue weighted by molar-refractivity contribution is -0.298. The molecule has 0 aromatic carbocycles. The van der Waals surface area contributed by atoms with Crippen LogP contribution in [-0.4, -0.2) is 41.7 Å². The number of hydrogen-bond donors (Lipinski definition) is 1. The predicted molar refractivity (Wildman–Crippen MR) is 42.4 cm³/mol. The van der Waals surface area contributed by atoms with Crippen LogP contribution < -0.4 is 0 Å². The van der Waals surface area contributed by atoms with E-state index < -0.39 is 18.6 Å². The molecular weight excluding hydrogens is 202 g/mol. The van der Waals surface area contributed by atoms with Gasteiger partial charge in [0.25, 0.3) is 0 Å². The number of alkyl halides is 4. The Kier molecular flexibility index (Phi) is 3.36. The average Bonchev–Trinajstić information content (AvgIpc) is 2.19. The molecule has 1 N–H and O–H groups in total. The molecule has 6 heteroatoms. The zero-order chi connectivity index (χ0) is 10.8. The minimum absolute atomic E-state index is 0.0391. The van der Waals surface area contributed by atoms with Gasteiger partial charge in [-0.05, 0) is 12.8 Å². The summed E-state index contributed by atoms with van der Waals surface area (Å²) >= 11 is 0. The third-order valence-electron chi connectivity index (χ3n) is 2.39. The van der Waals surface area contributed by atoms with Gasteiger partial charge in [-0.15, -0.1) is 0 Å².